The Morgan fingerprint density at radius 1 is 1.38 bits per heavy atom. The molecule has 0 saturated carbocycles. The number of amides is 1. The Hall–Kier alpha value is -1.14. The van der Waals surface area contributed by atoms with Gasteiger partial charge in [-0.25, -0.2) is 0 Å². The number of halogens is 1. The Balaban J connectivity index is 1.61. The van der Waals surface area contributed by atoms with Gasteiger partial charge in [-0.15, -0.1) is 0 Å². The minimum atomic E-state index is -0.201. The Labute approximate surface area is 148 Å². The van der Waals surface area contributed by atoms with Gasteiger partial charge in [0.25, 0.3) is 0 Å². The molecule has 24 heavy (non-hydrogen) atoms. The highest BCUT2D eigenvalue weighted by atomic mass is 35.5. The molecule has 1 amide bonds. The minimum Gasteiger partial charge on any atom is -0.350 e. The summed E-state index contributed by atoms with van der Waals surface area (Å²) in [6.45, 7) is 6.96. The fraction of sp³-hybridized carbons (Fsp3) is 0.611. The summed E-state index contributed by atoms with van der Waals surface area (Å²) in [4.78, 5) is 14.9. The summed E-state index contributed by atoms with van der Waals surface area (Å²) in [5.74, 6) is 0.332. The molecule has 1 aromatic carbocycles. The highest BCUT2D eigenvalue weighted by Gasteiger charge is 2.34. The van der Waals surface area contributed by atoms with Gasteiger partial charge in [0.05, 0.1) is 19.3 Å². The van der Waals surface area contributed by atoms with Crippen LogP contribution in [0.25, 0.3) is 0 Å². The molecule has 2 fully saturated rings. The van der Waals surface area contributed by atoms with E-state index >= 15 is 0 Å². The number of benzene rings is 1. The fourth-order valence-electron chi connectivity index (χ4n) is 3.41. The van der Waals surface area contributed by atoms with Crippen LogP contribution in [-0.2, 0) is 14.3 Å². The molecular formula is C18H25ClN2O3. The third kappa shape index (κ3) is 3.91. The summed E-state index contributed by atoms with van der Waals surface area (Å²) in [6.07, 6.45) is 2.03. The number of anilines is 1. The molecule has 2 saturated heterocycles. The zero-order chi connectivity index (χ0) is 17.1. The zero-order valence-corrected chi connectivity index (χ0v) is 15.0. The van der Waals surface area contributed by atoms with Gasteiger partial charge in [0.1, 0.15) is 0 Å². The molecule has 0 aliphatic carbocycles. The van der Waals surface area contributed by atoms with E-state index in [9.17, 15) is 4.79 Å². The molecular weight excluding hydrogens is 328 g/mol. The maximum absolute atomic E-state index is 12.6. The quantitative estimate of drug-likeness (QED) is 0.904. The van der Waals surface area contributed by atoms with Crippen LogP contribution in [0.4, 0.5) is 5.69 Å². The standard InChI is InChI=1S/C18H25ClN2O3/c1-12-15(19)6-3-7-16(12)20-17(22)13(2)21-8-4-5-14(11-21)18-23-9-10-24-18/h3,6-7,13-14,18H,4-5,8-11H2,1-2H3,(H,20,22). The summed E-state index contributed by atoms with van der Waals surface area (Å²) >= 11 is 6.13. The van der Waals surface area contributed by atoms with Gasteiger partial charge in [0, 0.05) is 23.2 Å². The Morgan fingerprint density at radius 2 is 2.12 bits per heavy atom. The number of ether oxygens (including phenoxy) is 2. The second-order valence-corrected chi connectivity index (χ2v) is 6.99. The van der Waals surface area contributed by atoms with Crippen LogP contribution in [-0.4, -0.2) is 49.4 Å². The van der Waals surface area contributed by atoms with Crippen molar-refractivity contribution in [1.29, 1.82) is 0 Å². The number of piperidine rings is 1. The molecule has 1 aromatic rings. The van der Waals surface area contributed by atoms with E-state index in [2.05, 4.69) is 10.2 Å². The number of nitrogens with zero attached hydrogens (tertiary/aromatic N) is 1. The van der Waals surface area contributed by atoms with Crippen LogP contribution in [0.1, 0.15) is 25.3 Å². The van der Waals surface area contributed by atoms with E-state index < -0.39 is 0 Å². The van der Waals surface area contributed by atoms with Crippen LogP contribution < -0.4 is 5.32 Å². The molecule has 5 nitrogen and oxygen atoms in total. The van der Waals surface area contributed by atoms with Crippen LogP contribution >= 0.6 is 11.6 Å². The van der Waals surface area contributed by atoms with Crippen molar-refractivity contribution < 1.29 is 14.3 Å². The summed E-state index contributed by atoms with van der Waals surface area (Å²) in [5.41, 5.74) is 1.67. The van der Waals surface area contributed by atoms with Gasteiger partial charge >= 0.3 is 0 Å². The van der Waals surface area contributed by atoms with Gasteiger partial charge in [-0.05, 0) is 50.9 Å². The van der Waals surface area contributed by atoms with Crippen molar-refractivity contribution in [3.05, 3.63) is 28.8 Å². The first kappa shape index (κ1) is 17.7. The summed E-state index contributed by atoms with van der Waals surface area (Å²) in [6, 6.07) is 5.35. The lowest BCUT2D eigenvalue weighted by Crippen LogP contribution is -2.49. The lowest BCUT2D eigenvalue weighted by molar-refractivity contribution is -0.126. The number of nitrogens with one attached hydrogen (secondary N) is 1. The molecule has 0 bridgehead atoms. The fourth-order valence-corrected chi connectivity index (χ4v) is 3.58. The van der Waals surface area contributed by atoms with Crippen LogP contribution in [0.5, 0.6) is 0 Å². The lowest BCUT2D eigenvalue weighted by atomic mass is 9.96. The van der Waals surface area contributed by atoms with Gasteiger partial charge in [-0.1, -0.05) is 17.7 Å². The second kappa shape index (κ2) is 7.83. The third-order valence-electron chi connectivity index (χ3n) is 4.97. The molecule has 132 valence electrons. The van der Waals surface area contributed by atoms with Gasteiger partial charge in [-0.2, -0.15) is 0 Å². The largest absolute Gasteiger partial charge is 0.350 e. The van der Waals surface area contributed by atoms with Gasteiger partial charge in [-0.3, -0.25) is 9.69 Å². The summed E-state index contributed by atoms with van der Waals surface area (Å²) in [5, 5.41) is 3.67. The molecule has 0 radical (unpaired) electrons. The third-order valence-corrected chi connectivity index (χ3v) is 5.38. The smallest absolute Gasteiger partial charge is 0.241 e. The topological polar surface area (TPSA) is 50.8 Å². The van der Waals surface area contributed by atoms with E-state index in [4.69, 9.17) is 21.1 Å². The van der Waals surface area contributed by atoms with Gasteiger partial charge in [0.2, 0.25) is 5.91 Å². The van der Waals surface area contributed by atoms with Crippen molar-refractivity contribution in [2.24, 2.45) is 5.92 Å². The molecule has 2 aliphatic heterocycles. The molecule has 2 aliphatic rings. The predicted molar refractivity (Wildman–Crippen MR) is 94.3 cm³/mol. The average molecular weight is 353 g/mol. The van der Waals surface area contributed by atoms with Crippen LogP contribution in [0.2, 0.25) is 5.02 Å². The van der Waals surface area contributed by atoms with Gasteiger partial charge in [0.15, 0.2) is 6.29 Å². The van der Waals surface area contributed by atoms with Crippen LogP contribution in [0, 0.1) is 12.8 Å². The van der Waals surface area contributed by atoms with Crippen molar-refractivity contribution in [3.63, 3.8) is 0 Å². The maximum Gasteiger partial charge on any atom is 0.241 e. The zero-order valence-electron chi connectivity index (χ0n) is 14.3. The average Bonchev–Trinajstić information content (AvgIpc) is 3.13. The number of hydrogen-bond acceptors (Lipinski definition) is 4. The number of likely N-dealkylation sites (tertiary alicyclic amines) is 1. The molecule has 2 atom stereocenters. The monoisotopic (exact) mass is 352 g/mol. The number of rotatable bonds is 4. The first-order valence-corrected chi connectivity index (χ1v) is 8.97. The highest BCUT2D eigenvalue weighted by Crippen LogP contribution is 2.27. The van der Waals surface area contributed by atoms with Crippen molar-refractivity contribution in [3.8, 4) is 0 Å². The molecule has 1 N–H and O–H groups in total. The lowest BCUT2D eigenvalue weighted by Gasteiger charge is -2.37. The molecule has 0 aromatic heterocycles. The normalized spacial score (nSPS) is 24.0. The Bertz CT molecular complexity index is 590. The van der Waals surface area contributed by atoms with E-state index in [1.165, 1.54) is 0 Å². The van der Waals surface area contributed by atoms with Crippen molar-refractivity contribution in [2.75, 3.05) is 31.6 Å². The van der Waals surface area contributed by atoms with E-state index in [-0.39, 0.29) is 18.2 Å². The predicted octanol–water partition coefficient (Wildman–Crippen LogP) is 3.06. The Morgan fingerprint density at radius 3 is 2.88 bits per heavy atom. The number of hydrogen-bond donors (Lipinski definition) is 1. The maximum atomic E-state index is 12.6. The van der Waals surface area contributed by atoms with Gasteiger partial charge < -0.3 is 14.8 Å². The Kier molecular flexibility index (Phi) is 5.76. The molecule has 2 unspecified atom stereocenters. The SMILES string of the molecule is Cc1c(Cl)cccc1NC(=O)C(C)N1CCCC(C2OCCO2)C1. The molecule has 0 spiro atoms. The van der Waals surface area contributed by atoms with E-state index in [0.717, 1.165) is 37.2 Å². The second-order valence-electron chi connectivity index (χ2n) is 6.58. The van der Waals surface area contributed by atoms with E-state index in [0.29, 0.717) is 24.2 Å². The minimum absolute atomic E-state index is 0.00530. The van der Waals surface area contributed by atoms with Crippen LogP contribution in [0.15, 0.2) is 18.2 Å². The summed E-state index contributed by atoms with van der Waals surface area (Å²) < 4.78 is 11.3. The van der Waals surface area contributed by atoms with E-state index in [1.54, 1.807) is 0 Å². The van der Waals surface area contributed by atoms with Crippen LogP contribution in [0.3, 0.4) is 0 Å². The van der Waals surface area contributed by atoms with E-state index in [1.807, 2.05) is 32.0 Å². The van der Waals surface area contributed by atoms with Crippen molar-refractivity contribution >= 4 is 23.2 Å². The number of carbonyl (C=O) groups excluding carboxylic acids is 1. The number of carbonyl (C=O) groups is 1. The molecule has 2 heterocycles. The van der Waals surface area contributed by atoms with Crippen molar-refractivity contribution in [1.82, 2.24) is 4.90 Å². The van der Waals surface area contributed by atoms with Crippen molar-refractivity contribution in [2.45, 2.75) is 39.0 Å². The highest BCUT2D eigenvalue weighted by molar-refractivity contribution is 6.31. The summed E-state index contributed by atoms with van der Waals surface area (Å²) in [7, 11) is 0. The molecule has 3 rings (SSSR count). The first-order valence-electron chi connectivity index (χ1n) is 8.59. The first-order chi connectivity index (χ1) is 11.6. The molecule has 6 heteroatoms.